The van der Waals surface area contributed by atoms with E-state index >= 15 is 0 Å². The van der Waals surface area contributed by atoms with E-state index in [0.717, 1.165) is 12.8 Å². The number of hydrogen-bond donors (Lipinski definition) is 1. The highest BCUT2D eigenvalue weighted by atomic mass is 32.2. The first-order valence-electron chi connectivity index (χ1n) is 6.55. The maximum absolute atomic E-state index is 12.3. The summed E-state index contributed by atoms with van der Waals surface area (Å²) in [5, 5.41) is 2.82. The Balaban J connectivity index is 1.97. The van der Waals surface area contributed by atoms with E-state index in [2.05, 4.69) is 5.32 Å². The van der Waals surface area contributed by atoms with Gasteiger partial charge in [0.15, 0.2) is 0 Å². The molecule has 2 unspecified atom stereocenters. The van der Waals surface area contributed by atoms with Gasteiger partial charge in [0.25, 0.3) is 0 Å². The summed E-state index contributed by atoms with van der Waals surface area (Å²) in [5.74, 6) is 1.41. The molecular formula is C12H20N2O3S. The zero-order valence-electron chi connectivity index (χ0n) is 10.7. The summed E-state index contributed by atoms with van der Waals surface area (Å²) in [4.78, 5) is 25.5. The molecule has 102 valence electrons. The van der Waals surface area contributed by atoms with Crippen LogP contribution in [0.25, 0.3) is 0 Å². The van der Waals surface area contributed by atoms with Crippen LogP contribution >= 0.6 is 0 Å². The van der Waals surface area contributed by atoms with E-state index in [9.17, 15) is 13.8 Å². The first-order valence-corrected chi connectivity index (χ1v) is 8.03. The Kier molecular flexibility index (Phi) is 4.37. The third kappa shape index (κ3) is 3.31. The number of carbonyl (C=O) groups excluding carboxylic acids is 2. The second-order valence-electron chi connectivity index (χ2n) is 4.89. The molecule has 0 spiro atoms. The Morgan fingerprint density at radius 3 is 2.72 bits per heavy atom. The minimum atomic E-state index is -0.864. The summed E-state index contributed by atoms with van der Waals surface area (Å²) in [5.41, 5.74) is 0. The number of amides is 2. The van der Waals surface area contributed by atoms with Gasteiger partial charge in [-0.25, -0.2) is 0 Å². The summed E-state index contributed by atoms with van der Waals surface area (Å²) in [7, 11) is -0.864. The lowest BCUT2D eigenvalue weighted by Gasteiger charge is -2.23. The molecule has 2 atom stereocenters. The highest BCUT2D eigenvalue weighted by molar-refractivity contribution is 7.84. The van der Waals surface area contributed by atoms with Gasteiger partial charge in [-0.15, -0.1) is 0 Å². The third-order valence-corrected chi connectivity index (χ3v) is 4.79. The number of hydrogen-bond acceptors (Lipinski definition) is 3. The van der Waals surface area contributed by atoms with E-state index in [-0.39, 0.29) is 17.9 Å². The molecule has 2 rings (SSSR count). The van der Waals surface area contributed by atoms with Gasteiger partial charge in [0.2, 0.25) is 11.8 Å². The second-order valence-corrected chi connectivity index (χ2v) is 6.76. The molecule has 2 fully saturated rings. The summed E-state index contributed by atoms with van der Waals surface area (Å²) in [6, 6.07) is -0.338. The van der Waals surface area contributed by atoms with E-state index < -0.39 is 10.8 Å². The van der Waals surface area contributed by atoms with Crippen molar-refractivity contribution < 1.29 is 13.8 Å². The molecule has 2 amide bonds. The predicted octanol–water partition coefficient (Wildman–Crippen LogP) is -0.118. The van der Waals surface area contributed by atoms with Crippen LogP contribution in [-0.4, -0.2) is 51.6 Å². The molecule has 0 aromatic rings. The average molecular weight is 272 g/mol. The van der Waals surface area contributed by atoms with Gasteiger partial charge >= 0.3 is 0 Å². The van der Waals surface area contributed by atoms with Crippen LogP contribution in [0.1, 0.15) is 26.2 Å². The Morgan fingerprint density at radius 1 is 1.39 bits per heavy atom. The SMILES string of the molecule is CCS(=O)CCN1CCC(=O)NC(C2CC2)C1=O. The van der Waals surface area contributed by atoms with Crippen molar-refractivity contribution in [2.24, 2.45) is 5.92 Å². The van der Waals surface area contributed by atoms with E-state index in [1.54, 1.807) is 4.90 Å². The van der Waals surface area contributed by atoms with E-state index in [1.165, 1.54) is 0 Å². The Bertz CT molecular complexity index is 368. The Labute approximate surface area is 110 Å². The molecule has 0 aromatic heterocycles. The Morgan fingerprint density at radius 2 is 2.11 bits per heavy atom. The minimum absolute atomic E-state index is 0.0106. The van der Waals surface area contributed by atoms with Crippen LogP contribution < -0.4 is 5.32 Å². The van der Waals surface area contributed by atoms with Crippen molar-refractivity contribution in [3.8, 4) is 0 Å². The van der Waals surface area contributed by atoms with Crippen molar-refractivity contribution in [1.29, 1.82) is 0 Å². The fourth-order valence-corrected chi connectivity index (χ4v) is 2.89. The lowest BCUT2D eigenvalue weighted by Crippen LogP contribution is -2.47. The van der Waals surface area contributed by atoms with Crippen molar-refractivity contribution in [1.82, 2.24) is 10.2 Å². The number of carbonyl (C=O) groups is 2. The van der Waals surface area contributed by atoms with Crippen molar-refractivity contribution in [3.63, 3.8) is 0 Å². The van der Waals surface area contributed by atoms with Gasteiger partial charge in [0.1, 0.15) is 6.04 Å². The van der Waals surface area contributed by atoms with E-state index in [0.29, 0.717) is 36.9 Å². The highest BCUT2D eigenvalue weighted by Crippen LogP contribution is 2.34. The van der Waals surface area contributed by atoms with Gasteiger partial charge in [0.05, 0.1) is 0 Å². The molecule has 0 aromatic carbocycles. The van der Waals surface area contributed by atoms with Crippen molar-refractivity contribution >= 4 is 22.6 Å². The topological polar surface area (TPSA) is 66.5 Å². The molecule has 18 heavy (non-hydrogen) atoms. The fraction of sp³-hybridized carbons (Fsp3) is 0.833. The normalized spacial score (nSPS) is 26.7. The van der Waals surface area contributed by atoms with Crippen molar-refractivity contribution in [2.75, 3.05) is 24.6 Å². The first-order chi connectivity index (χ1) is 8.61. The lowest BCUT2D eigenvalue weighted by molar-refractivity contribution is -0.133. The van der Waals surface area contributed by atoms with Crippen molar-refractivity contribution in [2.45, 2.75) is 32.2 Å². The summed E-state index contributed by atoms with van der Waals surface area (Å²) >= 11 is 0. The molecule has 1 saturated carbocycles. The quantitative estimate of drug-likeness (QED) is 0.759. The molecule has 1 aliphatic heterocycles. The molecule has 1 heterocycles. The molecule has 6 heteroatoms. The van der Waals surface area contributed by atoms with Crippen LogP contribution in [0.2, 0.25) is 0 Å². The van der Waals surface area contributed by atoms with Gasteiger partial charge in [0, 0.05) is 41.8 Å². The molecule has 1 aliphatic carbocycles. The number of nitrogens with one attached hydrogen (secondary N) is 1. The second kappa shape index (κ2) is 5.82. The average Bonchev–Trinajstić information content (AvgIpc) is 3.18. The van der Waals surface area contributed by atoms with Crippen molar-refractivity contribution in [3.05, 3.63) is 0 Å². The van der Waals surface area contributed by atoms with Gasteiger partial charge in [-0.2, -0.15) is 0 Å². The zero-order chi connectivity index (χ0) is 13.1. The highest BCUT2D eigenvalue weighted by Gasteiger charge is 2.40. The van der Waals surface area contributed by atoms with Crippen LogP contribution in [0.4, 0.5) is 0 Å². The predicted molar refractivity (Wildman–Crippen MR) is 69.4 cm³/mol. The number of rotatable bonds is 5. The molecule has 0 bridgehead atoms. The van der Waals surface area contributed by atoms with Crippen LogP contribution in [0.3, 0.4) is 0 Å². The summed E-state index contributed by atoms with van der Waals surface area (Å²) in [6.07, 6.45) is 2.39. The van der Waals surface area contributed by atoms with Crippen LogP contribution in [0.15, 0.2) is 0 Å². The molecule has 2 aliphatic rings. The third-order valence-electron chi connectivity index (χ3n) is 3.51. The number of nitrogens with zero attached hydrogens (tertiary/aromatic N) is 1. The molecular weight excluding hydrogens is 252 g/mol. The maximum Gasteiger partial charge on any atom is 0.245 e. The summed E-state index contributed by atoms with van der Waals surface area (Å²) < 4.78 is 11.4. The standard InChI is InChI=1S/C12H20N2O3S/c1-2-18(17)8-7-14-6-5-10(15)13-11(12(14)16)9-3-4-9/h9,11H,2-8H2,1H3,(H,13,15). The Hall–Kier alpha value is -0.910. The molecule has 1 saturated heterocycles. The van der Waals surface area contributed by atoms with E-state index in [4.69, 9.17) is 0 Å². The first kappa shape index (κ1) is 13.5. The fourth-order valence-electron chi connectivity index (χ4n) is 2.18. The van der Waals surface area contributed by atoms with Gasteiger partial charge in [-0.3, -0.25) is 13.8 Å². The molecule has 0 radical (unpaired) electrons. The zero-order valence-corrected chi connectivity index (χ0v) is 11.5. The van der Waals surface area contributed by atoms with Gasteiger partial charge in [-0.1, -0.05) is 6.92 Å². The van der Waals surface area contributed by atoms with Gasteiger partial charge in [-0.05, 0) is 18.8 Å². The monoisotopic (exact) mass is 272 g/mol. The largest absolute Gasteiger partial charge is 0.344 e. The summed E-state index contributed by atoms with van der Waals surface area (Å²) in [6.45, 7) is 2.82. The van der Waals surface area contributed by atoms with Crippen LogP contribution in [0, 0.1) is 5.92 Å². The van der Waals surface area contributed by atoms with E-state index in [1.807, 2.05) is 6.92 Å². The smallest absolute Gasteiger partial charge is 0.245 e. The lowest BCUT2D eigenvalue weighted by atomic mass is 10.1. The van der Waals surface area contributed by atoms with Crippen LogP contribution in [0.5, 0.6) is 0 Å². The maximum atomic E-state index is 12.3. The molecule has 5 nitrogen and oxygen atoms in total. The van der Waals surface area contributed by atoms with Crippen LogP contribution in [-0.2, 0) is 20.4 Å². The van der Waals surface area contributed by atoms with Gasteiger partial charge < -0.3 is 10.2 Å². The minimum Gasteiger partial charge on any atom is -0.344 e. The molecule has 1 N–H and O–H groups in total.